The molecule has 4 rings (SSSR count). The van der Waals surface area contributed by atoms with Crippen molar-refractivity contribution in [3.8, 4) is 0 Å². The standard InChI is InChI=1S/C18H18ClN3O3S3/c1-11-7-8-12(19)16-15(11)20-18(27-16)21-17(23)13-5-2-3-9-22(13)28(24,25)14-6-4-10-26-14/h4,6-8,10,13H,2-3,5,9H2,1H3,(H,20,21,23). The van der Waals surface area contributed by atoms with Crippen LogP contribution in [-0.4, -0.2) is 36.2 Å². The molecule has 0 aliphatic carbocycles. The topological polar surface area (TPSA) is 79.4 Å². The molecule has 0 bridgehead atoms. The summed E-state index contributed by atoms with van der Waals surface area (Å²) in [6.45, 7) is 2.27. The Hall–Kier alpha value is -1.52. The lowest BCUT2D eigenvalue weighted by atomic mass is 10.0. The molecule has 2 aromatic heterocycles. The second-order valence-electron chi connectivity index (χ2n) is 6.61. The molecular formula is C18H18ClN3O3S3. The number of carbonyl (C=O) groups excluding carboxylic acids is 1. The van der Waals surface area contributed by atoms with Crippen LogP contribution in [0.4, 0.5) is 5.13 Å². The third-order valence-corrected chi connectivity index (χ3v) is 9.45. The van der Waals surface area contributed by atoms with Gasteiger partial charge in [-0.1, -0.05) is 41.5 Å². The number of aromatic nitrogens is 1. The van der Waals surface area contributed by atoms with E-state index in [9.17, 15) is 13.2 Å². The van der Waals surface area contributed by atoms with Gasteiger partial charge in [0.2, 0.25) is 5.91 Å². The van der Waals surface area contributed by atoms with Crippen LogP contribution in [0.1, 0.15) is 24.8 Å². The Morgan fingerprint density at radius 2 is 2.14 bits per heavy atom. The van der Waals surface area contributed by atoms with Crippen LogP contribution >= 0.6 is 34.3 Å². The first kappa shape index (κ1) is 19.8. The number of benzene rings is 1. The van der Waals surface area contributed by atoms with Crippen LogP contribution in [0.25, 0.3) is 10.2 Å². The maximum atomic E-state index is 13.0. The van der Waals surface area contributed by atoms with Crippen molar-refractivity contribution in [2.75, 3.05) is 11.9 Å². The summed E-state index contributed by atoms with van der Waals surface area (Å²) in [6, 6.07) is 6.21. The molecular weight excluding hydrogens is 438 g/mol. The third kappa shape index (κ3) is 3.57. The first-order chi connectivity index (χ1) is 13.4. The molecule has 28 heavy (non-hydrogen) atoms. The Labute approximate surface area is 176 Å². The van der Waals surface area contributed by atoms with Gasteiger partial charge in [0.15, 0.2) is 5.13 Å². The predicted octanol–water partition coefficient (Wildman–Crippen LogP) is 4.50. The number of thiophene rings is 1. The summed E-state index contributed by atoms with van der Waals surface area (Å²) in [5.74, 6) is -0.354. The second-order valence-corrected chi connectivity index (χ2v) is 11.1. The summed E-state index contributed by atoms with van der Waals surface area (Å²) in [6.07, 6.45) is 2.03. The molecule has 1 saturated heterocycles. The van der Waals surface area contributed by atoms with Gasteiger partial charge in [-0.05, 0) is 42.8 Å². The Bertz CT molecular complexity index is 1090. The van der Waals surface area contributed by atoms with Crippen molar-refractivity contribution in [3.05, 3.63) is 40.2 Å². The van der Waals surface area contributed by atoms with E-state index in [-0.39, 0.29) is 10.1 Å². The van der Waals surface area contributed by atoms with Crippen molar-refractivity contribution < 1.29 is 13.2 Å². The molecule has 6 nitrogen and oxygen atoms in total. The van der Waals surface area contributed by atoms with Gasteiger partial charge in [0, 0.05) is 6.54 Å². The Morgan fingerprint density at radius 3 is 2.86 bits per heavy atom. The summed E-state index contributed by atoms with van der Waals surface area (Å²) in [5.41, 5.74) is 1.72. The van der Waals surface area contributed by atoms with Crippen LogP contribution in [0.3, 0.4) is 0 Å². The average molecular weight is 456 g/mol. The zero-order valence-corrected chi connectivity index (χ0v) is 18.2. The first-order valence-electron chi connectivity index (χ1n) is 8.80. The fourth-order valence-electron chi connectivity index (χ4n) is 3.32. The Morgan fingerprint density at radius 1 is 1.32 bits per heavy atom. The minimum Gasteiger partial charge on any atom is -0.301 e. The molecule has 1 aliphatic heterocycles. The van der Waals surface area contributed by atoms with Crippen molar-refractivity contribution in [3.63, 3.8) is 0 Å². The van der Waals surface area contributed by atoms with Crippen LogP contribution in [0.2, 0.25) is 5.02 Å². The van der Waals surface area contributed by atoms with Crippen molar-refractivity contribution in [2.45, 2.75) is 36.4 Å². The number of nitrogens with one attached hydrogen (secondary N) is 1. The van der Waals surface area contributed by atoms with Crippen LogP contribution in [-0.2, 0) is 14.8 Å². The van der Waals surface area contributed by atoms with Gasteiger partial charge in [-0.3, -0.25) is 4.79 Å². The largest absolute Gasteiger partial charge is 0.301 e. The van der Waals surface area contributed by atoms with Crippen LogP contribution in [0.15, 0.2) is 33.9 Å². The molecule has 148 valence electrons. The molecule has 1 aromatic carbocycles. The van der Waals surface area contributed by atoms with E-state index in [0.717, 1.165) is 40.0 Å². The van der Waals surface area contributed by atoms with E-state index in [1.54, 1.807) is 23.6 Å². The number of fused-ring (bicyclic) bond motifs is 1. The fourth-order valence-corrected chi connectivity index (χ4v) is 7.32. The van der Waals surface area contributed by atoms with E-state index in [1.165, 1.54) is 15.6 Å². The number of anilines is 1. The van der Waals surface area contributed by atoms with Gasteiger partial charge in [0.25, 0.3) is 10.0 Å². The number of nitrogens with zero attached hydrogens (tertiary/aromatic N) is 2. The molecule has 0 radical (unpaired) electrons. The lowest BCUT2D eigenvalue weighted by Gasteiger charge is -2.32. The number of hydrogen-bond donors (Lipinski definition) is 1. The summed E-state index contributed by atoms with van der Waals surface area (Å²) in [4.78, 5) is 17.4. The number of thiazole rings is 1. The van der Waals surface area contributed by atoms with Gasteiger partial charge in [-0.2, -0.15) is 4.31 Å². The van der Waals surface area contributed by atoms with E-state index < -0.39 is 16.1 Å². The molecule has 0 saturated carbocycles. The number of carbonyl (C=O) groups is 1. The Balaban J connectivity index is 1.61. The number of hydrogen-bond acceptors (Lipinski definition) is 6. The molecule has 3 heterocycles. The number of rotatable bonds is 4. The molecule has 3 aromatic rings. The highest BCUT2D eigenvalue weighted by Crippen LogP contribution is 2.34. The predicted molar refractivity (Wildman–Crippen MR) is 114 cm³/mol. The summed E-state index contributed by atoms with van der Waals surface area (Å²) in [7, 11) is -3.69. The average Bonchev–Trinajstić information content (AvgIpc) is 3.35. The highest BCUT2D eigenvalue weighted by molar-refractivity contribution is 7.91. The fraction of sp³-hybridized carbons (Fsp3) is 0.333. The molecule has 0 spiro atoms. The van der Waals surface area contributed by atoms with Gasteiger partial charge < -0.3 is 5.32 Å². The van der Waals surface area contributed by atoms with E-state index in [4.69, 9.17) is 11.6 Å². The maximum Gasteiger partial charge on any atom is 0.253 e. The van der Waals surface area contributed by atoms with Crippen LogP contribution in [0.5, 0.6) is 0 Å². The SMILES string of the molecule is Cc1ccc(Cl)c2sc(NC(=O)C3CCCCN3S(=O)(=O)c3cccs3)nc12. The zero-order valence-electron chi connectivity index (χ0n) is 15.0. The summed E-state index contributed by atoms with van der Waals surface area (Å²) >= 11 is 8.70. The molecule has 1 fully saturated rings. The number of amides is 1. The quantitative estimate of drug-likeness (QED) is 0.628. The second kappa shape index (κ2) is 7.72. The molecule has 1 N–H and O–H groups in total. The molecule has 10 heteroatoms. The van der Waals surface area contributed by atoms with Gasteiger partial charge in [-0.25, -0.2) is 13.4 Å². The van der Waals surface area contributed by atoms with Crippen LogP contribution in [0, 0.1) is 6.92 Å². The first-order valence-corrected chi connectivity index (χ1v) is 12.3. The van der Waals surface area contributed by atoms with Crippen molar-refractivity contribution >= 4 is 65.6 Å². The number of piperidine rings is 1. The highest BCUT2D eigenvalue weighted by atomic mass is 35.5. The number of sulfonamides is 1. The monoisotopic (exact) mass is 455 g/mol. The lowest BCUT2D eigenvalue weighted by molar-refractivity contribution is -0.120. The number of halogens is 1. The van der Waals surface area contributed by atoms with Crippen LogP contribution < -0.4 is 5.32 Å². The lowest BCUT2D eigenvalue weighted by Crippen LogP contribution is -2.49. The normalized spacial score (nSPS) is 18.4. The maximum absolute atomic E-state index is 13.0. The van der Waals surface area contributed by atoms with Gasteiger partial charge >= 0.3 is 0 Å². The minimum absolute atomic E-state index is 0.259. The summed E-state index contributed by atoms with van der Waals surface area (Å²) in [5, 5.41) is 5.54. The summed E-state index contributed by atoms with van der Waals surface area (Å²) < 4.78 is 28.3. The highest BCUT2D eigenvalue weighted by Gasteiger charge is 2.38. The molecule has 1 atom stereocenters. The zero-order chi connectivity index (χ0) is 19.9. The smallest absolute Gasteiger partial charge is 0.253 e. The molecule has 1 amide bonds. The Kier molecular flexibility index (Phi) is 5.45. The molecule has 1 aliphatic rings. The van der Waals surface area contributed by atoms with E-state index in [2.05, 4.69) is 10.3 Å². The number of aryl methyl sites for hydroxylation is 1. The van der Waals surface area contributed by atoms with Crippen molar-refractivity contribution in [1.29, 1.82) is 0 Å². The van der Waals surface area contributed by atoms with Crippen molar-refractivity contribution in [2.24, 2.45) is 0 Å². The van der Waals surface area contributed by atoms with Gasteiger partial charge in [-0.15, -0.1) is 11.3 Å². The minimum atomic E-state index is -3.69. The van der Waals surface area contributed by atoms with E-state index in [0.29, 0.717) is 23.1 Å². The van der Waals surface area contributed by atoms with Gasteiger partial charge in [0.05, 0.1) is 15.2 Å². The van der Waals surface area contributed by atoms with E-state index >= 15 is 0 Å². The van der Waals surface area contributed by atoms with Gasteiger partial charge in [0.1, 0.15) is 10.3 Å². The molecule has 1 unspecified atom stereocenters. The van der Waals surface area contributed by atoms with E-state index in [1.807, 2.05) is 13.0 Å². The third-order valence-electron chi connectivity index (χ3n) is 4.74. The van der Waals surface area contributed by atoms with Crippen molar-refractivity contribution in [1.82, 2.24) is 9.29 Å².